The molecule has 38 heavy (non-hydrogen) atoms. The fourth-order valence-corrected chi connectivity index (χ4v) is 4.52. The summed E-state index contributed by atoms with van der Waals surface area (Å²) < 4.78 is 30.8. The van der Waals surface area contributed by atoms with Crippen LogP contribution >= 0.6 is 11.6 Å². The topological polar surface area (TPSA) is 97.8 Å². The Labute approximate surface area is 224 Å². The van der Waals surface area contributed by atoms with Gasteiger partial charge in [0.05, 0.1) is 35.5 Å². The zero-order chi connectivity index (χ0) is 26.3. The number of morpholine rings is 1. The summed E-state index contributed by atoms with van der Waals surface area (Å²) in [6.45, 7) is 4.83. The van der Waals surface area contributed by atoms with Gasteiger partial charge < -0.3 is 24.8 Å². The number of rotatable bonds is 9. The number of hydrogen-bond acceptors (Lipinski definition) is 8. The summed E-state index contributed by atoms with van der Waals surface area (Å²) in [5, 5.41) is 6.73. The highest BCUT2D eigenvalue weighted by molar-refractivity contribution is 6.31. The van der Waals surface area contributed by atoms with E-state index in [0.717, 1.165) is 32.5 Å². The highest BCUT2D eigenvalue weighted by Crippen LogP contribution is 2.34. The minimum absolute atomic E-state index is 0.00463. The average molecular weight is 542 g/mol. The van der Waals surface area contributed by atoms with Crippen molar-refractivity contribution < 1.29 is 23.4 Å². The Kier molecular flexibility index (Phi) is 8.65. The second-order valence-electron chi connectivity index (χ2n) is 9.09. The first kappa shape index (κ1) is 26.3. The van der Waals surface area contributed by atoms with E-state index < -0.39 is 5.82 Å². The molecule has 1 amide bonds. The number of anilines is 3. The van der Waals surface area contributed by atoms with Gasteiger partial charge in [-0.25, -0.2) is 14.4 Å². The van der Waals surface area contributed by atoms with Crippen LogP contribution in [0, 0.1) is 5.82 Å². The summed E-state index contributed by atoms with van der Waals surface area (Å²) in [6, 6.07) is 7.85. The van der Waals surface area contributed by atoms with Crippen LogP contribution in [0.25, 0.3) is 10.9 Å². The van der Waals surface area contributed by atoms with Gasteiger partial charge in [-0.1, -0.05) is 17.7 Å². The minimum atomic E-state index is -0.510. The Hall–Kier alpha value is -3.31. The van der Waals surface area contributed by atoms with E-state index in [9.17, 15) is 9.18 Å². The van der Waals surface area contributed by atoms with Crippen molar-refractivity contribution in [3.05, 3.63) is 59.7 Å². The highest BCUT2D eigenvalue weighted by Gasteiger charge is 2.19. The Morgan fingerprint density at radius 3 is 2.87 bits per heavy atom. The number of fused-ring (bicyclic) bond motifs is 1. The first-order valence-electron chi connectivity index (χ1n) is 12.6. The third-order valence-electron chi connectivity index (χ3n) is 6.36. The lowest BCUT2D eigenvalue weighted by Crippen LogP contribution is -2.36. The molecule has 2 aliphatic heterocycles. The van der Waals surface area contributed by atoms with Crippen LogP contribution in [-0.4, -0.2) is 72.9 Å². The van der Waals surface area contributed by atoms with E-state index in [4.69, 9.17) is 25.8 Å². The van der Waals surface area contributed by atoms with E-state index in [-0.39, 0.29) is 17.0 Å². The molecule has 2 fully saturated rings. The van der Waals surface area contributed by atoms with Crippen molar-refractivity contribution in [2.45, 2.75) is 18.9 Å². The molecule has 0 radical (unpaired) electrons. The second-order valence-corrected chi connectivity index (χ2v) is 9.50. The number of halogens is 2. The Balaban J connectivity index is 1.39. The monoisotopic (exact) mass is 541 g/mol. The average Bonchev–Trinajstić information content (AvgIpc) is 3.44. The number of carbonyl (C=O) groups is 1. The first-order valence-corrected chi connectivity index (χ1v) is 13.0. The summed E-state index contributed by atoms with van der Waals surface area (Å²) in [7, 11) is 0. The maximum atomic E-state index is 13.6. The Morgan fingerprint density at radius 1 is 1.21 bits per heavy atom. The van der Waals surface area contributed by atoms with E-state index in [1.165, 1.54) is 24.5 Å². The van der Waals surface area contributed by atoms with Gasteiger partial charge in [-0.2, -0.15) is 0 Å². The van der Waals surface area contributed by atoms with Crippen molar-refractivity contribution in [3.63, 3.8) is 0 Å². The molecule has 0 bridgehead atoms. The fraction of sp³-hybridized carbons (Fsp3) is 0.370. The molecule has 2 aromatic carbocycles. The van der Waals surface area contributed by atoms with Crippen LogP contribution in [0.5, 0.6) is 5.75 Å². The van der Waals surface area contributed by atoms with Gasteiger partial charge >= 0.3 is 0 Å². The molecule has 3 heterocycles. The van der Waals surface area contributed by atoms with Crippen LogP contribution in [0.3, 0.4) is 0 Å². The molecule has 1 aromatic heterocycles. The van der Waals surface area contributed by atoms with Gasteiger partial charge in [0.15, 0.2) is 0 Å². The Morgan fingerprint density at radius 2 is 2.08 bits per heavy atom. The lowest BCUT2D eigenvalue weighted by Gasteiger charge is -2.25. The van der Waals surface area contributed by atoms with Crippen LogP contribution in [0.4, 0.5) is 21.6 Å². The molecule has 3 aromatic rings. The maximum absolute atomic E-state index is 13.6. The first-order chi connectivity index (χ1) is 18.5. The fourth-order valence-electron chi connectivity index (χ4n) is 4.34. The van der Waals surface area contributed by atoms with Crippen LogP contribution in [-0.2, 0) is 14.3 Å². The molecule has 200 valence electrons. The van der Waals surface area contributed by atoms with Crippen molar-refractivity contribution in [2.24, 2.45) is 0 Å². The van der Waals surface area contributed by atoms with Gasteiger partial charge in [0.1, 0.15) is 30.3 Å². The normalized spacial score (nSPS) is 18.2. The van der Waals surface area contributed by atoms with E-state index in [2.05, 4.69) is 25.5 Å². The number of nitrogens with zero attached hydrogens (tertiary/aromatic N) is 3. The van der Waals surface area contributed by atoms with Crippen molar-refractivity contribution in [1.29, 1.82) is 0 Å². The highest BCUT2D eigenvalue weighted by atomic mass is 35.5. The summed E-state index contributed by atoms with van der Waals surface area (Å²) in [6.07, 6.45) is 6.71. The molecule has 0 spiro atoms. The van der Waals surface area contributed by atoms with E-state index in [1.54, 1.807) is 18.2 Å². The number of ether oxygens (including phenoxy) is 3. The second kappa shape index (κ2) is 12.5. The number of benzene rings is 2. The van der Waals surface area contributed by atoms with Crippen molar-refractivity contribution in [3.8, 4) is 5.75 Å². The number of carbonyl (C=O) groups excluding carboxylic acids is 1. The van der Waals surface area contributed by atoms with Crippen molar-refractivity contribution >= 4 is 45.6 Å². The summed E-state index contributed by atoms with van der Waals surface area (Å²) in [4.78, 5) is 23.8. The molecular formula is C27H29ClFN5O4. The van der Waals surface area contributed by atoms with Crippen LogP contribution in [0.15, 0.2) is 48.8 Å². The third kappa shape index (κ3) is 6.76. The van der Waals surface area contributed by atoms with Gasteiger partial charge in [0.2, 0.25) is 5.91 Å². The molecule has 5 rings (SSSR count). The van der Waals surface area contributed by atoms with Crippen molar-refractivity contribution in [1.82, 2.24) is 14.9 Å². The van der Waals surface area contributed by atoms with Gasteiger partial charge in [-0.15, -0.1) is 0 Å². The van der Waals surface area contributed by atoms with Gasteiger partial charge in [-0.05, 0) is 37.1 Å². The maximum Gasteiger partial charge on any atom is 0.248 e. The summed E-state index contributed by atoms with van der Waals surface area (Å²) in [5.41, 5.74) is 1.65. The Bertz CT molecular complexity index is 1310. The SMILES string of the molecule is O=C(/C=C/CN1CCOCC1)Nc1cc2c(Nc3ccc(F)c(Cl)c3)ncnc2cc1OC[C@H]1CCCO1. The van der Waals surface area contributed by atoms with Crippen molar-refractivity contribution in [2.75, 3.05) is 56.7 Å². The standard InChI is InChI=1S/C27H29ClFN5O4/c28-21-13-18(5-6-22(21)29)32-27-20-14-24(33-26(35)4-1-7-34-8-11-36-12-9-34)25(15-23(20)30-17-31-27)38-16-19-3-2-10-37-19/h1,4-6,13-15,17,19H,2-3,7-12,16H2,(H,33,35)(H,30,31,32)/b4-1+/t19-/m1/s1. The quantitative estimate of drug-likeness (QED) is 0.381. The summed E-state index contributed by atoms with van der Waals surface area (Å²) >= 11 is 5.94. The van der Waals surface area contributed by atoms with Crippen LogP contribution in [0.2, 0.25) is 5.02 Å². The molecule has 2 N–H and O–H groups in total. The number of nitrogens with one attached hydrogen (secondary N) is 2. The molecule has 0 saturated carbocycles. The zero-order valence-electron chi connectivity index (χ0n) is 20.8. The van der Waals surface area contributed by atoms with Crippen LogP contribution < -0.4 is 15.4 Å². The molecule has 11 heteroatoms. The lowest BCUT2D eigenvalue weighted by molar-refractivity contribution is -0.111. The van der Waals surface area contributed by atoms with E-state index in [1.807, 2.05) is 6.08 Å². The zero-order valence-corrected chi connectivity index (χ0v) is 21.5. The lowest BCUT2D eigenvalue weighted by atomic mass is 10.1. The number of aromatic nitrogens is 2. The molecule has 0 unspecified atom stereocenters. The minimum Gasteiger partial charge on any atom is -0.489 e. The van der Waals surface area contributed by atoms with Gasteiger partial charge in [0, 0.05) is 49.5 Å². The molecule has 2 saturated heterocycles. The summed E-state index contributed by atoms with van der Waals surface area (Å²) in [5.74, 6) is 0.167. The van der Waals surface area contributed by atoms with E-state index in [0.29, 0.717) is 60.2 Å². The third-order valence-corrected chi connectivity index (χ3v) is 6.65. The molecule has 2 aliphatic rings. The molecular weight excluding hydrogens is 513 g/mol. The van der Waals surface area contributed by atoms with E-state index >= 15 is 0 Å². The number of amides is 1. The number of hydrogen-bond donors (Lipinski definition) is 2. The largest absolute Gasteiger partial charge is 0.489 e. The van der Waals surface area contributed by atoms with Gasteiger partial charge in [0.25, 0.3) is 0 Å². The molecule has 9 nitrogen and oxygen atoms in total. The predicted molar refractivity (Wildman–Crippen MR) is 144 cm³/mol. The van der Waals surface area contributed by atoms with Gasteiger partial charge in [-0.3, -0.25) is 9.69 Å². The molecule has 1 atom stereocenters. The predicted octanol–water partition coefficient (Wildman–Crippen LogP) is 4.55. The van der Waals surface area contributed by atoms with Crippen LogP contribution in [0.1, 0.15) is 12.8 Å². The molecule has 0 aliphatic carbocycles. The smallest absolute Gasteiger partial charge is 0.248 e.